The summed E-state index contributed by atoms with van der Waals surface area (Å²) in [5.41, 5.74) is 1.04. The van der Waals surface area contributed by atoms with Crippen molar-refractivity contribution in [3.63, 3.8) is 0 Å². The molecule has 128 valence electrons. The topological polar surface area (TPSA) is 84.6 Å². The monoisotopic (exact) mass is 338 g/mol. The molecule has 0 heterocycles. The van der Waals surface area contributed by atoms with Crippen LogP contribution in [-0.4, -0.2) is 23.2 Å². The Bertz CT molecular complexity index is 680. The van der Waals surface area contributed by atoms with E-state index in [2.05, 4.69) is 10.1 Å². The van der Waals surface area contributed by atoms with Crippen molar-refractivity contribution in [3.8, 4) is 5.75 Å². The first-order valence-electron chi connectivity index (χ1n) is 7.13. The molecule has 8 heteroatoms. The number of hydrogen-bond acceptors (Lipinski definition) is 5. The number of aliphatic hydroxyl groups is 1. The number of alkyl halides is 2. The normalized spacial score (nSPS) is 12.2. The third kappa shape index (κ3) is 4.97. The predicted octanol–water partition coefficient (Wildman–Crippen LogP) is 3.02. The summed E-state index contributed by atoms with van der Waals surface area (Å²) in [7, 11) is 0. The highest BCUT2D eigenvalue weighted by Crippen LogP contribution is 2.20. The first-order chi connectivity index (χ1) is 11.5. The van der Waals surface area contributed by atoms with E-state index in [1.807, 2.05) is 0 Å². The van der Waals surface area contributed by atoms with Crippen LogP contribution in [0.1, 0.15) is 17.2 Å². The predicted molar refractivity (Wildman–Crippen MR) is 82.8 cm³/mol. The minimum atomic E-state index is -2.90. The molecule has 0 bridgehead atoms. The smallest absolute Gasteiger partial charge is 0.387 e. The van der Waals surface area contributed by atoms with Crippen molar-refractivity contribution in [2.75, 3.05) is 6.54 Å². The van der Waals surface area contributed by atoms with Gasteiger partial charge >= 0.3 is 6.61 Å². The van der Waals surface area contributed by atoms with E-state index in [9.17, 15) is 24.0 Å². The van der Waals surface area contributed by atoms with Crippen molar-refractivity contribution in [2.24, 2.45) is 0 Å². The van der Waals surface area contributed by atoms with Crippen LogP contribution in [0.15, 0.2) is 48.5 Å². The molecule has 6 nitrogen and oxygen atoms in total. The molecule has 1 atom stereocenters. The van der Waals surface area contributed by atoms with Crippen molar-refractivity contribution in [1.29, 1.82) is 0 Å². The lowest BCUT2D eigenvalue weighted by molar-refractivity contribution is -0.385. The van der Waals surface area contributed by atoms with Crippen molar-refractivity contribution in [3.05, 3.63) is 69.8 Å². The fourth-order valence-corrected chi connectivity index (χ4v) is 2.17. The van der Waals surface area contributed by atoms with E-state index in [1.165, 1.54) is 30.3 Å². The zero-order valence-electron chi connectivity index (χ0n) is 12.6. The van der Waals surface area contributed by atoms with Crippen molar-refractivity contribution < 1.29 is 23.5 Å². The van der Waals surface area contributed by atoms with Gasteiger partial charge in [-0.1, -0.05) is 30.3 Å². The minimum Gasteiger partial charge on any atom is -0.435 e. The Kier molecular flexibility index (Phi) is 6.16. The average Bonchev–Trinajstić information content (AvgIpc) is 2.55. The Morgan fingerprint density at radius 2 is 1.83 bits per heavy atom. The van der Waals surface area contributed by atoms with E-state index in [4.69, 9.17) is 0 Å². The molecule has 0 aliphatic carbocycles. The number of aliphatic hydroxyl groups excluding tert-OH is 1. The summed E-state index contributed by atoms with van der Waals surface area (Å²) < 4.78 is 28.4. The fraction of sp³-hybridized carbons (Fsp3) is 0.250. The summed E-state index contributed by atoms with van der Waals surface area (Å²) in [6.07, 6.45) is -0.881. The zero-order valence-corrected chi connectivity index (χ0v) is 12.6. The molecule has 0 aliphatic rings. The van der Waals surface area contributed by atoms with E-state index in [0.717, 1.165) is 0 Å². The van der Waals surface area contributed by atoms with E-state index in [-0.39, 0.29) is 24.5 Å². The molecule has 0 saturated carbocycles. The molecule has 0 fully saturated rings. The second kappa shape index (κ2) is 8.32. The van der Waals surface area contributed by atoms with Crippen molar-refractivity contribution in [1.82, 2.24) is 5.32 Å². The molecule has 2 N–H and O–H groups in total. The lowest BCUT2D eigenvalue weighted by atomic mass is 10.1. The average molecular weight is 338 g/mol. The Hall–Kier alpha value is -2.58. The molecular weight excluding hydrogens is 322 g/mol. The number of para-hydroxylation sites is 1. The third-order valence-corrected chi connectivity index (χ3v) is 3.33. The van der Waals surface area contributed by atoms with Crippen LogP contribution in [-0.2, 0) is 6.54 Å². The number of benzene rings is 2. The molecule has 0 spiro atoms. The largest absolute Gasteiger partial charge is 0.435 e. The van der Waals surface area contributed by atoms with E-state index >= 15 is 0 Å². The van der Waals surface area contributed by atoms with Crippen LogP contribution in [0.2, 0.25) is 0 Å². The van der Waals surface area contributed by atoms with Crippen molar-refractivity contribution >= 4 is 5.69 Å². The molecule has 0 radical (unpaired) electrons. The summed E-state index contributed by atoms with van der Waals surface area (Å²) in [5.74, 6) is 0.00817. The van der Waals surface area contributed by atoms with Crippen LogP contribution < -0.4 is 10.1 Å². The molecule has 0 amide bonds. The molecule has 0 aliphatic heterocycles. The number of halogens is 2. The quantitative estimate of drug-likeness (QED) is 0.571. The number of ether oxygens (including phenoxy) is 1. The Morgan fingerprint density at radius 3 is 2.46 bits per heavy atom. The van der Waals surface area contributed by atoms with Crippen LogP contribution in [0, 0.1) is 10.1 Å². The number of nitrogens with zero attached hydrogens (tertiary/aromatic N) is 1. The number of nitrogens with one attached hydrogen (secondary N) is 1. The van der Waals surface area contributed by atoms with Crippen LogP contribution in [0.5, 0.6) is 5.75 Å². The molecule has 2 rings (SSSR count). The van der Waals surface area contributed by atoms with E-state index in [1.54, 1.807) is 18.2 Å². The SMILES string of the molecule is O=[N+]([O-])c1ccccc1CNCC(O)c1ccc(OC(F)F)cc1. The van der Waals surface area contributed by atoms with Gasteiger partial charge in [0.25, 0.3) is 5.69 Å². The first kappa shape index (κ1) is 17.8. The van der Waals surface area contributed by atoms with Crippen LogP contribution in [0.4, 0.5) is 14.5 Å². The van der Waals surface area contributed by atoms with Crippen LogP contribution >= 0.6 is 0 Å². The number of nitro groups is 1. The van der Waals surface area contributed by atoms with Crippen LogP contribution in [0.25, 0.3) is 0 Å². The lowest BCUT2D eigenvalue weighted by Crippen LogP contribution is -2.21. The summed E-state index contributed by atoms with van der Waals surface area (Å²) in [5, 5.41) is 23.9. The molecule has 0 saturated heterocycles. The highest BCUT2D eigenvalue weighted by molar-refractivity contribution is 5.39. The lowest BCUT2D eigenvalue weighted by Gasteiger charge is -2.13. The Balaban J connectivity index is 1.89. The summed E-state index contributed by atoms with van der Waals surface area (Å²) in [6.45, 7) is -2.52. The van der Waals surface area contributed by atoms with E-state index < -0.39 is 17.6 Å². The standard InChI is InChI=1S/C16H16F2N2O4/c17-16(18)24-13-7-5-11(6-8-13)15(21)10-19-9-12-3-1-2-4-14(12)20(22)23/h1-8,15-16,19,21H,9-10H2. The molecular formula is C16H16F2N2O4. The maximum absolute atomic E-state index is 12.1. The minimum absolute atomic E-state index is 0.00740. The maximum Gasteiger partial charge on any atom is 0.387 e. The summed E-state index contributed by atoms with van der Waals surface area (Å²) >= 11 is 0. The second-order valence-electron chi connectivity index (χ2n) is 4.98. The van der Waals surface area contributed by atoms with Gasteiger partial charge in [-0.2, -0.15) is 8.78 Å². The molecule has 2 aromatic rings. The van der Waals surface area contributed by atoms with Crippen molar-refractivity contribution in [2.45, 2.75) is 19.3 Å². The first-order valence-corrected chi connectivity index (χ1v) is 7.13. The van der Waals surface area contributed by atoms with Gasteiger partial charge in [0.15, 0.2) is 0 Å². The number of hydrogen-bond donors (Lipinski definition) is 2. The number of nitro benzene ring substituents is 1. The van der Waals surface area contributed by atoms with Gasteiger partial charge in [0.2, 0.25) is 0 Å². The summed E-state index contributed by atoms with van der Waals surface area (Å²) in [4.78, 5) is 10.4. The molecule has 0 aromatic heterocycles. The zero-order chi connectivity index (χ0) is 17.5. The van der Waals surface area contributed by atoms with Gasteiger partial charge in [0.1, 0.15) is 5.75 Å². The fourth-order valence-electron chi connectivity index (χ4n) is 2.17. The molecule has 1 unspecified atom stereocenters. The van der Waals surface area contributed by atoms with Crippen LogP contribution in [0.3, 0.4) is 0 Å². The highest BCUT2D eigenvalue weighted by Gasteiger charge is 2.13. The van der Waals surface area contributed by atoms with Gasteiger partial charge in [-0.05, 0) is 17.7 Å². The molecule has 2 aromatic carbocycles. The van der Waals surface area contributed by atoms with Gasteiger partial charge in [0.05, 0.1) is 11.0 Å². The molecule has 24 heavy (non-hydrogen) atoms. The third-order valence-electron chi connectivity index (χ3n) is 3.33. The summed E-state index contributed by atoms with van der Waals surface area (Å²) in [6, 6.07) is 12.0. The van der Waals surface area contributed by atoms with Gasteiger partial charge in [-0.15, -0.1) is 0 Å². The van der Waals surface area contributed by atoms with Gasteiger partial charge in [-0.3, -0.25) is 10.1 Å². The second-order valence-corrected chi connectivity index (χ2v) is 4.98. The maximum atomic E-state index is 12.1. The van der Waals surface area contributed by atoms with Gasteiger partial charge < -0.3 is 15.2 Å². The van der Waals surface area contributed by atoms with Gasteiger partial charge in [-0.25, -0.2) is 0 Å². The highest BCUT2D eigenvalue weighted by atomic mass is 19.3. The Morgan fingerprint density at radius 1 is 1.17 bits per heavy atom. The van der Waals surface area contributed by atoms with E-state index in [0.29, 0.717) is 11.1 Å². The Labute approximate surface area is 136 Å². The van der Waals surface area contributed by atoms with Gasteiger partial charge in [0, 0.05) is 24.7 Å². The number of rotatable bonds is 8.